The molecular formula is C18H29N3O2. The van der Waals surface area contributed by atoms with Crippen LogP contribution in [0.1, 0.15) is 30.4 Å². The van der Waals surface area contributed by atoms with Crippen molar-refractivity contribution >= 4 is 5.96 Å². The van der Waals surface area contributed by atoms with E-state index in [4.69, 9.17) is 9.47 Å². The zero-order chi connectivity index (χ0) is 16.5. The molecule has 1 aliphatic rings. The molecule has 1 aromatic carbocycles. The summed E-state index contributed by atoms with van der Waals surface area (Å²) in [5, 5.41) is 6.71. The number of hydrogen-bond donors (Lipinski definition) is 2. The predicted octanol–water partition coefficient (Wildman–Crippen LogP) is 2.28. The van der Waals surface area contributed by atoms with Crippen LogP contribution in [0.2, 0.25) is 0 Å². The molecule has 0 radical (unpaired) electrons. The van der Waals surface area contributed by atoms with Crippen LogP contribution < -0.4 is 15.4 Å². The first-order valence-corrected chi connectivity index (χ1v) is 8.42. The average Bonchev–Trinajstić information content (AvgIpc) is 3.07. The summed E-state index contributed by atoms with van der Waals surface area (Å²) in [7, 11) is 3.52. The molecule has 1 aromatic rings. The van der Waals surface area contributed by atoms with Crippen molar-refractivity contribution in [1.82, 2.24) is 10.6 Å². The van der Waals surface area contributed by atoms with E-state index in [-0.39, 0.29) is 0 Å². The lowest BCUT2D eigenvalue weighted by Crippen LogP contribution is -2.39. The Labute approximate surface area is 139 Å². The third-order valence-electron chi connectivity index (χ3n) is 4.13. The van der Waals surface area contributed by atoms with Gasteiger partial charge in [-0.05, 0) is 44.2 Å². The fourth-order valence-corrected chi connectivity index (χ4v) is 2.86. The second-order valence-corrected chi connectivity index (χ2v) is 5.91. The number of guanidine groups is 1. The van der Waals surface area contributed by atoms with E-state index in [9.17, 15) is 0 Å². The lowest BCUT2D eigenvalue weighted by molar-refractivity contribution is 0.105. The molecule has 5 nitrogen and oxygen atoms in total. The smallest absolute Gasteiger partial charge is 0.190 e. The number of ether oxygens (including phenoxy) is 2. The van der Waals surface area contributed by atoms with Crippen molar-refractivity contribution < 1.29 is 9.47 Å². The Morgan fingerprint density at radius 1 is 1.35 bits per heavy atom. The number of benzene rings is 1. The van der Waals surface area contributed by atoms with Gasteiger partial charge in [0.15, 0.2) is 5.96 Å². The SMILES string of the molecule is CN=C(NCCc1cc(C)ccc1OC)NCCC1CCCO1. The van der Waals surface area contributed by atoms with Crippen molar-refractivity contribution in [2.45, 2.75) is 38.7 Å². The van der Waals surface area contributed by atoms with Crippen molar-refractivity contribution in [1.29, 1.82) is 0 Å². The van der Waals surface area contributed by atoms with Crippen molar-refractivity contribution in [3.05, 3.63) is 29.3 Å². The van der Waals surface area contributed by atoms with Gasteiger partial charge in [-0.15, -0.1) is 0 Å². The van der Waals surface area contributed by atoms with E-state index in [2.05, 4.69) is 34.7 Å². The minimum absolute atomic E-state index is 0.414. The van der Waals surface area contributed by atoms with Crippen molar-refractivity contribution in [2.24, 2.45) is 4.99 Å². The highest BCUT2D eigenvalue weighted by Crippen LogP contribution is 2.19. The molecule has 1 saturated heterocycles. The number of nitrogens with one attached hydrogen (secondary N) is 2. The van der Waals surface area contributed by atoms with E-state index in [1.165, 1.54) is 24.0 Å². The molecule has 1 aliphatic heterocycles. The molecule has 2 rings (SSSR count). The van der Waals surface area contributed by atoms with Crippen molar-refractivity contribution in [3.8, 4) is 5.75 Å². The number of rotatable bonds is 7. The first-order valence-electron chi connectivity index (χ1n) is 8.42. The van der Waals surface area contributed by atoms with E-state index in [0.29, 0.717) is 6.10 Å². The molecule has 0 saturated carbocycles. The molecule has 0 aromatic heterocycles. The normalized spacial score (nSPS) is 18.0. The maximum Gasteiger partial charge on any atom is 0.190 e. The fourth-order valence-electron chi connectivity index (χ4n) is 2.86. The van der Waals surface area contributed by atoms with Gasteiger partial charge in [-0.2, -0.15) is 0 Å². The van der Waals surface area contributed by atoms with Gasteiger partial charge in [-0.25, -0.2) is 0 Å². The minimum atomic E-state index is 0.414. The zero-order valence-electron chi connectivity index (χ0n) is 14.5. The molecule has 23 heavy (non-hydrogen) atoms. The highest BCUT2D eigenvalue weighted by Gasteiger charge is 2.14. The first-order chi connectivity index (χ1) is 11.2. The lowest BCUT2D eigenvalue weighted by atomic mass is 10.1. The molecule has 5 heteroatoms. The average molecular weight is 319 g/mol. The van der Waals surface area contributed by atoms with Crippen LogP contribution in [0.4, 0.5) is 0 Å². The molecule has 0 bridgehead atoms. The molecule has 1 atom stereocenters. The molecule has 1 unspecified atom stereocenters. The number of methoxy groups -OCH3 is 1. The second-order valence-electron chi connectivity index (χ2n) is 5.91. The van der Waals surface area contributed by atoms with E-state index >= 15 is 0 Å². The molecule has 1 heterocycles. The van der Waals surface area contributed by atoms with Crippen molar-refractivity contribution in [3.63, 3.8) is 0 Å². The van der Waals surface area contributed by atoms with Crippen LogP contribution in [0.3, 0.4) is 0 Å². The Balaban J connectivity index is 1.72. The Kier molecular flexibility index (Phi) is 7.20. The molecule has 1 fully saturated rings. The van der Waals surface area contributed by atoms with Gasteiger partial charge in [0.1, 0.15) is 5.75 Å². The van der Waals surface area contributed by atoms with Gasteiger partial charge in [0, 0.05) is 26.7 Å². The van der Waals surface area contributed by atoms with E-state index in [1.54, 1.807) is 14.2 Å². The third-order valence-corrected chi connectivity index (χ3v) is 4.13. The van der Waals surface area contributed by atoms with Gasteiger partial charge in [0.05, 0.1) is 13.2 Å². The number of aryl methyl sites for hydroxylation is 1. The van der Waals surface area contributed by atoms with E-state index in [1.807, 2.05) is 6.07 Å². The third kappa shape index (κ3) is 5.75. The second kappa shape index (κ2) is 9.40. The molecule has 0 aliphatic carbocycles. The maximum absolute atomic E-state index is 5.63. The maximum atomic E-state index is 5.63. The van der Waals surface area contributed by atoms with Crippen LogP contribution >= 0.6 is 0 Å². The van der Waals surface area contributed by atoms with Crippen LogP contribution in [-0.4, -0.2) is 45.9 Å². The summed E-state index contributed by atoms with van der Waals surface area (Å²) in [6.45, 7) is 4.72. The van der Waals surface area contributed by atoms with Gasteiger partial charge in [-0.1, -0.05) is 17.7 Å². The van der Waals surface area contributed by atoms with Crippen LogP contribution in [0, 0.1) is 6.92 Å². The number of hydrogen-bond acceptors (Lipinski definition) is 3. The molecule has 2 N–H and O–H groups in total. The van der Waals surface area contributed by atoms with Gasteiger partial charge >= 0.3 is 0 Å². The Bertz CT molecular complexity index is 511. The molecule has 128 valence electrons. The predicted molar refractivity (Wildman–Crippen MR) is 94.4 cm³/mol. The Morgan fingerprint density at radius 2 is 2.17 bits per heavy atom. The monoisotopic (exact) mass is 319 g/mol. The molecular weight excluding hydrogens is 290 g/mol. The largest absolute Gasteiger partial charge is 0.496 e. The topological polar surface area (TPSA) is 54.9 Å². The summed E-state index contributed by atoms with van der Waals surface area (Å²) < 4.78 is 11.0. The fraction of sp³-hybridized carbons (Fsp3) is 0.611. The van der Waals surface area contributed by atoms with Gasteiger partial charge in [-0.3, -0.25) is 4.99 Å². The van der Waals surface area contributed by atoms with E-state index in [0.717, 1.165) is 44.2 Å². The standard InChI is InChI=1S/C18H29N3O2/c1-14-6-7-17(22-3)15(13-14)8-10-20-18(19-2)21-11-9-16-5-4-12-23-16/h6-7,13,16H,4-5,8-12H2,1-3H3,(H2,19,20,21). The molecule has 0 spiro atoms. The quantitative estimate of drug-likeness (QED) is 0.598. The minimum Gasteiger partial charge on any atom is -0.496 e. The molecule has 0 amide bonds. The lowest BCUT2D eigenvalue weighted by Gasteiger charge is -2.15. The number of nitrogens with zero attached hydrogens (tertiary/aromatic N) is 1. The Hall–Kier alpha value is -1.75. The summed E-state index contributed by atoms with van der Waals surface area (Å²) in [5.41, 5.74) is 2.47. The summed E-state index contributed by atoms with van der Waals surface area (Å²) in [5.74, 6) is 1.79. The van der Waals surface area contributed by atoms with E-state index < -0.39 is 0 Å². The zero-order valence-corrected chi connectivity index (χ0v) is 14.5. The summed E-state index contributed by atoms with van der Waals surface area (Å²) in [6, 6.07) is 6.27. The van der Waals surface area contributed by atoms with Crippen LogP contribution in [0.15, 0.2) is 23.2 Å². The summed E-state index contributed by atoms with van der Waals surface area (Å²) in [4.78, 5) is 4.27. The van der Waals surface area contributed by atoms with Crippen LogP contribution in [-0.2, 0) is 11.2 Å². The van der Waals surface area contributed by atoms with Gasteiger partial charge < -0.3 is 20.1 Å². The summed E-state index contributed by atoms with van der Waals surface area (Å²) >= 11 is 0. The van der Waals surface area contributed by atoms with Gasteiger partial charge in [0.2, 0.25) is 0 Å². The van der Waals surface area contributed by atoms with Gasteiger partial charge in [0.25, 0.3) is 0 Å². The Morgan fingerprint density at radius 3 is 2.87 bits per heavy atom. The number of aliphatic imine (C=N–C) groups is 1. The highest BCUT2D eigenvalue weighted by molar-refractivity contribution is 5.79. The first kappa shape index (κ1) is 17.6. The highest BCUT2D eigenvalue weighted by atomic mass is 16.5. The summed E-state index contributed by atoms with van der Waals surface area (Å²) in [6.07, 6.45) is 4.72. The van der Waals surface area contributed by atoms with Crippen LogP contribution in [0.25, 0.3) is 0 Å². The van der Waals surface area contributed by atoms with Crippen LogP contribution in [0.5, 0.6) is 5.75 Å². The van der Waals surface area contributed by atoms with Crippen molar-refractivity contribution in [2.75, 3.05) is 33.9 Å².